The number of thiazole rings is 1. The molecule has 0 saturated carbocycles. The summed E-state index contributed by atoms with van der Waals surface area (Å²) in [5, 5.41) is 7.55. The summed E-state index contributed by atoms with van der Waals surface area (Å²) in [6.45, 7) is 6.87. The van der Waals surface area contributed by atoms with Crippen molar-refractivity contribution in [1.82, 2.24) is 19.7 Å². The van der Waals surface area contributed by atoms with Crippen molar-refractivity contribution >= 4 is 17.2 Å². The van der Waals surface area contributed by atoms with E-state index in [0.29, 0.717) is 18.3 Å². The van der Waals surface area contributed by atoms with Crippen LogP contribution in [0.2, 0.25) is 0 Å². The van der Waals surface area contributed by atoms with E-state index in [2.05, 4.69) is 24.3 Å². The van der Waals surface area contributed by atoms with Gasteiger partial charge < -0.3 is 4.90 Å². The summed E-state index contributed by atoms with van der Waals surface area (Å²) in [6.07, 6.45) is 7.37. The lowest BCUT2D eigenvalue weighted by molar-refractivity contribution is -0.132. The molecule has 130 valence electrons. The van der Waals surface area contributed by atoms with Crippen molar-refractivity contribution in [2.24, 2.45) is 0 Å². The van der Waals surface area contributed by atoms with E-state index in [4.69, 9.17) is 4.98 Å². The van der Waals surface area contributed by atoms with Gasteiger partial charge in [-0.15, -0.1) is 11.3 Å². The Kier molecular flexibility index (Phi) is 5.66. The predicted octanol–water partition coefficient (Wildman–Crippen LogP) is 3.65. The molecule has 3 heterocycles. The van der Waals surface area contributed by atoms with Gasteiger partial charge in [0.1, 0.15) is 0 Å². The zero-order valence-corrected chi connectivity index (χ0v) is 15.3. The third-order valence-electron chi connectivity index (χ3n) is 4.59. The first-order chi connectivity index (χ1) is 11.6. The van der Waals surface area contributed by atoms with Gasteiger partial charge in [-0.05, 0) is 31.2 Å². The van der Waals surface area contributed by atoms with E-state index in [1.165, 1.54) is 10.7 Å². The molecule has 0 aliphatic carbocycles. The summed E-state index contributed by atoms with van der Waals surface area (Å²) in [6, 6.07) is 1.91. The molecular formula is C18H26N4OS. The molecule has 1 aliphatic rings. The third-order valence-corrected chi connectivity index (χ3v) is 5.62. The second-order valence-electron chi connectivity index (χ2n) is 6.82. The van der Waals surface area contributed by atoms with Gasteiger partial charge in [-0.25, -0.2) is 4.98 Å². The number of hydrogen-bond donors (Lipinski definition) is 0. The lowest BCUT2D eigenvalue weighted by Gasteiger charge is -2.32. The first kappa shape index (κ1) is 17.1. The Labute approximate surface area is 147 Å². The fraction of sp³-hybridized carbons (Fsp3) is 0.611. The van der Waals surface area contributed by atoms with Gasteiger partial charge in [0.25, 0.3) is 0 Å². The van der Waals surface area contributed by atoms with E-state index in [1.807, 2.05) is 21.8 Å². The van der Waals surface area contributed by atoms with Crippen LogP contribution in [-0.4, -0.2) is 38.7 Å². The van der Waals surface area contributed by atoms with Gasteiger partial charge in [-0.1, -0.05) is 13.8 Å². The van der Waals surface area contributed by atoms with Crippen LogP contribution in [0, 0.1) is 0 Å². The largest absolute Gasteiger partial charge is 0.342 e. The van der Waals surface area contributed by atoms with Gasteiger partial charge in [-0.3, -0.25) is 9.48 Å². The van der Waals surface area contributed by atoms with Crippen molar-refractivity contribution in [3.05, 3.63) is 34.5 Å². The average Bonchev–Trinajstić information content (AvgIpc) is 3.26. The maximum atomic E-state index is 12.5. The normalized spacial score (nSPS) is 18.3. The molecule has 0 aromatic carbocycles. The van der Waals surface area contributed by atoms with Gasteiger partial charge in [0, 0.05) is 49.7 Å². The summed E-state index contributed by atoms with van der Waals surface area (Å²) in [4.78, 5) is 19.3. The molecule has 6 heteroatoms. The molecule has 1 atom stereocenters. The number of aromatic nitrogens is 3. The Morgan fingerprint density at radius 1 is 1.46 bits per heavy atom. The van der Waals surface area contributed by atoms with E-state index in [0.717, 1.165) is 38.9 Å². The number of rotatable bonds is 6. The highest BCUT2D eigenvalue weighted by molar-refractivity contribution is 7.09. The zero-order valence-electron chi connectivity index (χ0n) is 14.5. The summed E-state index contributed by atoms with van der Waals surface area (Å²) in [5.41, 5.74) is 1.18. The maximum absolute atomic E-state index is 12.5. The summed E-state index contributed by atoms with van der Waals surface area (Å²) in [7, 11) is 0. The Bertz CT molecular complexity index is 650. The third kappa shape index (κ3) is 4.23. The fourth-order valence-corrected chi connectivity index (χ4v) is 4.25. The standard InChI is InChI=1S/C18H26N4OS/c1-14(2)16-13-24-18(20-16)15-6-3-9-21(12-15)17(23)7-4-10-22-11-5-8-19-22/h5,8,11,13-15H,3-4,6-7,9-10,12H2,1-2H3/t15-/m0/s1. The number of nitrogens with zero attached hydrogens (tertiary/aromatic N) is 4. The zero-order chi connectivity index (χ0) is 16.9. The fourth-order valence-electron chi connectivity index (χ4n) is 3.14. The lowest BCUT2D eigenvalue weighted by Crippen LogP contribution is -2.39. The molecule has 1 fully saturated rings. The average molecular weight is 346 g/mol. The number of piperidine rings is 1. The predicted molar refractivity (Wildman–Crippen MR) is 96.2 cm³/mol. The molecule has 1 saturated heterocycles. The molecule has 5 nitrogen and oxygen atoms in total. The molecule has 0 radical (unpaired) electrons. The van der Waals surface area contributed by atoms with Gasteiger partial charge >= 0.3 is 0 Å². The van der Waals surface area contributed by atoms with Crippen LogP contribution in [0.15, 0.2) is 23.8 Å². The van der Waals surface area contributed by atoms with Crippen LogP contribution in [0.5, 0.6) is 0 Å². The first-order valence-corrected chi connectivity index (χ1v) is 9.72. The minimum absolute atomic E-state index is 0.271. The van der Waals surface area contributed by atoms with Gasteiger partial charge in [0.2, 0.25) is 5.91 Å². The molecule has 0 spiro atoms. The van der Waals surface area contributed by atoms with Crippen molar-refractivity contribution in [3.8, 4) is 0 Å². The number of aryl methyl sites for hydroxylation is 1. The lowest BCUT2D eigenvalue weighted by atomic mass is 9.98. The minimum Gasteiger partial charge on any atom is -0.342 e. The van der Waals surface area contributed by atoms with Crippen molar-refractivity contribution < 1.29 is 4.79 Å². The molecule has 2 aromatic rings. The SMILES string of the molecule is CC(C)c1csc([C@H]2CCCN(C(=O)CCCn3cccn3)C2)n1. The number of hydrogen-bond acceptors (Lipinski definition) is 4. The van der Waals surface area contributed by atoms with Crippen LogP contribution in [0.3, 0.4) is 0 Å². The van der Waals surface area contributed by atoms with Crippen LogP contribution in [0.1, 0.15) is 62.1 Å². The number of amides is 1. The van der Waals surface area contributed by atoms with Crippen molar-refractivity contribution in [2.75, 3.05) is 13.1 Å². The monoisotopic (exact) mass is 346 g/mol. The number of carbonyl (C=O) groups is 1. The molecule has 0 unspecified atom stereocenters. The van der Waals surface area contributed by atoms with Crippen molar-refractivity contribution in [1.29, 1.82) is 0 Å². The molecule has 3 rings (SSSR count). The van der Waals surface area contributed by atoms with Crippen molar-refractivity contribution in [3.63, 3.8) is 0 Å². The highest BCUT2D eigenvalue weighted by Crippen LogP contribution is 2.31. The van der Waals surface area contributed by atoms with E-state index in [1.54, 1.807) is 17.5 Å². The molecule has 1 amide bonds. The highest BCUT2D eigenvalue weighted by Gasteiger charge is 2.26. The molecule has 2 aromatic heterocycles. The first-order valence-electron chi connectivity index (χ1n) is 8.84. The smallest absolute Gasteiger partial charge is 0.222 e. The van der Waals surface area contributed by atoms with Gasteiger partial charge in [-0.2, -0.15) is 5.10 Å². The Balaban J connectivity index is 1.51. The van der Waals surface area contributed by atoms with Gasteiger partial charge in [0.15, 0.2) is 0 Å². The molecular weight excluding hydrogens is 320 g/mol. The maximum Gasteiger partial charge on any atom is 0.222 e. The summed E-state index contributed by atoms with van der Waals surface area (Å²) < 4.78 is 1.88. The molecule has 24 heavy (non-hydrogen) atoms. The topological polar surface area (TPSA) is 51.0 Å². The van der Waals surface area contributed by atoms with Crippen LogP contribution in [0.25, 0.3) is 0 Å². The minimum atomic E-state index is 0.271. The second-order valence-corrected chi connectivity index (χ2v) is 7.71. The Hall–Kier alpha value is -1.69. The van der Waals surface area contributed by atoms with Crippen LogP contribution in [0.4, 0.5) is 0 Å². The van der Waals surface area contributed by atoms with Crippen LogP contribution in [-0.2, 0) is 11.3 Å². The quantitative estimate of drug-likeness (QED) is 0.802. The van der Waals surface area contributed by atoms with E-state index in [-0.39, 0.29) is 5.91 Å². The molecule has 0 bridgehead atoms. The van der Waals surface area contributed by atoms with Crippen LogP contribution >= 0.6 is 11.3 Å². The van der Waals surface area contributed by atoms with E-state index >= 15 is 0 Å². The number of carbonyl (C=O) groups excluding carboxylic acids is 1. The Morgan fingerprint density at radius 2 is 2.33 bits per heavy atom. The number of likely N-dealkylation sites (tertiary alicyclic amines) is 1. The van der Waals surface area contributed by atoms with E-state index in [9.17, 15) is 4.79 Å². The Morgan fingerprint density at radius 3 is 3.04 bits per heavy atom. The highest BCUT2D eigenvalue weighted by atomic mass is 32.1. The van der Waals surface area contributed by atoms with Crippen LogP contribution < -0.4 is 0 Å². The summed E-state index contributed by atoms with van der Waals surface area (Å²) >= 11 is 1.75. The second kappa shape index (κ2) is 7.92. The van der Waals surface area contributed by atoms with E-state index < -0.39 is 0 Å². The van der Waals surface area contributed by atoms with Gasteiger partial charge in [0.05, 0.1) is 10.7 Å². The molecule has 1 aliphatic heterocycles. The van der Waals surface area contributed by atoms with Crippen molar-refractivity contribution in [2.45, 2.75) is 57.9 Å². The molecule has 0 N–H and O–H groups in total. The summed E-state index contributed by atoms with van der Waals surface area (Å²) in [5.74, 6) is 1.15.